The van der Waals surface area contributed by atoms with E-state index in [1.54, 1.807) is 6.07 Å². The Hall–Kier alpha value is -3.37. The van der Waals surface area contributed by atoms with Crippen molar-refractivity contribution < 1.29 is 22.7 Å². The third kappa shape index (κ3) is 5.65. The van der Waals surface area contributed by atoms with E-state index in [4.69, 9.17) is 16.2 Å². The summed E-state index contributed by atoms with van der Waals surface area (Å²) in [6.45, 7) is 0.904. The van der Waals surface area contributed by atoms with Crippen LogP contribution in [0.5, 0.6) is 5.75 Å². The van der Waals surface area contributed by atoms with Crippen LogP contribution in [0.25, 0.3) is 11.3 Å². The van der Waals surface area contributed by atoms with Gasteiger partial charge in [0.25, 0.3) is 5.91 Å². The fourth-order valence-electron chi connectivity index (χ4n) is 2.80. The number of unbranched alkanes of at least 4 members (excludes halogenated alkanes) is 1. The first-order valence-corrected chi connectivity index (χ1v) is 9.41. The van der Waals surface area contributed by atoms with Gasteiger partial charge in [-0.1, -0.05) is 6.07 Å². The molecule has 2 heterocycles. The van der Waals surface area contributed by atoms with Gasteiger partial charge in [-0.3, -0.25) is 9.78 Å². The minimum absolute atomic E-state index is 0. The summed E-state index contributed by atoms with van der Waals surface area (Å²) in [6, 6.07) is 5.39. The molecule has 1 aromatic carbocycles. The molecule has 3 rings (SSSR count). The molecule has 0 saturated carbocycles. The van der Waals surface area contributed by atoms with E-state index < -0.39 is 40.3 Å². The zero-order chi connectivity index (χ0) is 22.4. The number of hydrogen-bond acceptors (Lipinski definition) is 6. The first-order chi connectivity index (χ1) is 14.9. The Labute approximate surface area is 188 Å². The molecule has 0 atom stereocenters. The van der Waals surface area contributed by atoms with Crippen molar-refractivity contribution in [3.05, 3.63) is 65.9 Å². The quantitative estimate of drug-likeness (QED) is 0.432. The van der Waals surface area contributed by atoms with Crippen molar-refractivity contribution in [3.63, 3.8) is 0 Å². The van der Waals surface area contributed by atoms with Crippen molar-refractivity contribution >= 4 is 29.7 Å². The molecule has 1 amide bonds. The number of amides is 1. The van der Waals surface area contributed by atoms with Crippen LogP contribution in [-0.2, 0) is 0 Å². The number of aromatic nitrogens is 2. The van der Waals surface area contributed by atoms with Crippen molar-refractivity contribution in [2.45, 2.75) is 12.8 Å². The molecule has 0 saturated heterocycles. The van der Waals surface area contributed by atoms with Crippen molar-refractivity contribution in [1.82, 2.24) is 9.97 Å². The van der Waals surface area contributed by atoms with Crippen LogP contribution in [0.1, 0.15) is 23.3 Å². The molecule has 0 unspecified atom stereocenters. The van der Waals surface area contributed by atoms with Crippen LogP contribution in [0.15, 0.2) is 42.7 Å². The Morgan fingerprint density at radius 2 is 1.81 bits per heavy atom. The van der Waals surface area contributed by atoms with Crippen LogP contribution >= 0.6 is 12.4 Å². The summed E-state index contributed by atoms with van der Waals surface area (Å²) in [5.74, 6) is -3.59. The van der Waals surface area contributed by atoms with Crippen molar-refractivity contribution in [2.75, 3.05) is 24.2 Å². The van der Waals surface area contributed by atoms with Gasteiger partial charge in [0, 0.05) is 18.3 Å². The number of hydrogen-bond donors (Lipinski definition) is 3. The predicted molar refractivity (Wildman–Crippen MR) is 117 cm³/mol. The number of nitrogen functional groups attached to an aromatic ring is 1. The van der Waals surface area contributed by atoms with Gasteiger partial charge in [-0.15, -0.1) is 12.4 Å². The lowest BCUT2D eigenvalue weighted by atomic mass is 10.1. The Morgan fingerprint density at radius 3 is 2.50 bits per heavy atom. The van der Waals surface area contributed by atoms with Crippen molar-refractivity contribution in [1.29, 1.82) is 0 Å². The third-order valence-corrected chi connectivity index (χ3v) is 4.31. The van der Waals surface area contributed by atoms with Gasteiger partial charge in [0.05, 0.1) is 24.1 Å². The number of pyridine rings is 2. The lowest BCUT2D eigenvalue weighted by molar-refractivity contribution is 0.102. The highest BCUT2D eigenvalue weighted by atomic mass is 35.5. The Balaban J connectivity index is 0.00000363. The lowest BCUT2D eigenvalue weighted by Gasteiger charge is -2.13. The summed E-state index contributed by atoms with van der Waals surface area (Å²) in [7, 11) is 0. The molecule has 0 radical (unpaired) electrons. The second-order valence-electron chi connectivity index (χ2n) is 6.52. The topological polar surface area (TPSA) is 116 Å². The van der Waals surface area contributed by atoms with Crippen molar-refractivity contribution in [2.24, 2.45) is 5.73 Å². The zero-order valence-electron chi connectivity index (χ0n) is 16.8. The Bertz CT molecular complexity index is 1080. The molecule has 0 fully saturated rings. The van der Waals surface area contributed by atoms with Gasteiger partial charge in [0.2, 0.25) is 0 Å². The van der Waals surface area contributed by atoms with Gasteiger partial charge < -0.3 is 21.5 Å². The summed E-state index contributed by atoms with van der Waals surface area (Å²) < 4.78 is 48.2. The first kappa shape index (κ1) is 24.9. The second-order valence-corrected chi connectivity index (χ2v) is 6.52. The largest absolute Gasteiger partial charge is 0.491 e. The maximum absolute atomic E-state index is 14.4. The average molecular weight is 468 g/mol. The number of carbonyl (C=O) groups excluding carboxylic acids is 1. The third-order valence-electron chi connectivity index (χ3n) is 4.31. The van der Waals surface area contributed by atoms with E-state index in [2.05, 4.69) is 15.3 Å². The normalized spacial score (nSPS) is 10.4. The van der Waals surface area contributed by atoms with Crippen molar-refractivity contribution in [3.8, 4) is 17.0 Å². The summed E-state index contributed by atoms with van der Waals surface area (Å²) in [5, 5.41) is 2.53. The van der Waals surface area contributed by atoms with E-state index in [0.717, 1.165) is 37.1 Å². The molecule has 2 aromatic heterocycles. The Kier molecular flexibility index (Phi) is 8.80. The number of nitrogens with one attached hydrogen (secondary N) is 1. The number of halogens is 4. The van der Waals surface area contributed by atoms with Gasteiger partial charge in [-0.25, -0.2) is 18.2 Å². The van der Waals surface area contributed by atoms with Crippen LogP contribution in [-0.4, -0.2) is 29.0 Å². The lowest BCUT2D eigenvalue weighted by Crippen LogP contribution is -2.18. The maximum atomic E-state index is 14.4. The number of nitrogens with two attached hydrogens (primary N) is 2. The highest BCUT2D eigenvalue weighted by Gasteiger charge is 2.22. The van der Waals surface area contributed by atoms with Crippen LogP contribution in [0.4, 0.5) is 24.5 Å². The van der Waals surface area contributed by atoms with Gasteiger partial charge in [-0.05, 0) is 31.5 Å². The van der Waals surface area contributed by atoms with Gasteiger partial charge in [0.1, 0.15) is 28.8 Å². The fraction of sp³-hybridized carbons (Fsp3) is 0.190. The number of rotatable bonds is 8. The number of ether oxygens (including phenoxy) is 1. The molecule has 0 aliphatic rings. The SMILES string of the molecule is Cl.NCCCCOc1ccncc1NC(=O)c1nc(-c2c(F)cccc2F)c(F)cc1N. The summed E-state index contributed by atoms with van der Waals surface area (Å²) in [4.78, 5) is 20.5. The standard InChI is InChI=1S/C21H20F3N5O2.ClH/c22-12-4-3-5-13(23)18(12)19-14(24)10-15(26)20(29-19)21(30)28-16-11-27-8-6-17(16)31-9-2-1-7-25;/h3-6,8,10-11H,1-2,7,9,25-26H2,(H,28,30);1H. The summed E-state index contributed by atoms with van der Waals surface area (Å²) in [6.07, 6.45) is 4.33. The molecule has 0 bridgehead atoms. The molecule has 170 valence electrons. The molecule has 5 N–H and O–H groups in total. The molecular formula is C21H21ClF3N5O2. The number of nitrogens with zero attached hydrogens (tertiary/aromatic N) is 2. The van der Waals surface area contributed by atoms with E-state index in [0.29, 0.717) is 18.9 Å². The van der Waals surface area contributed by atoms with Crippen LogP contribution in [0.3, 0.4) is 0 Å². The number of anilines is 2. The second kappa shape index (κ2) is 11.3. The molecule has 0 aliphatic carbocycles. The number of carbonyl (C=O) groups is 1. The summed E-state index contributed by atoms with van der Waals surface area (Å²) in [5.41, 5.74) is 9.35. The van der Waals surface area contributed by atoms with E-state index in [1.807, 2.05) is 0 Å². The zero-order valence-corrected chi connectivity index (χ0v) is 17.6. The minimum Gasteiger partial charge on any atom is -0.491 e. The monoisotopic (exact) mass is 467 g/mol. The van der Waals surface area contributed by atoms with Gasteiger partial charge in [0.15, 0.2) is 11.5 Å². The number of benzene rings is 1. The highest BCUT2D eigenvalue weighted by Crippen LogP contribution is 2.30. The van der Waals surface area contributed by atoms with E-state index in [1.165, 1.54) is 12.4 Å². The molecule has 0 aliphatic heterocycles. The Morgan fingerprint density at radius 1 is 1.09 bits per heavy atom. The first-order valence-electron chi connectivity index (χ1n) is 9.41. The maximum Gasteiger partial charge on any atom is 0.276 e. The molecule has 32 heavy (non-hydrogen) atoms. The fourth-order valence-corrected chi connectivity index (χ4v) is 2.80. The molecule has 0 spiro atoms. The van der Waals surface area contributed by atoms with E-state index in [9.17, 15) is 18.0 Å². The minimum atomic E-state index is -1.07. The smallest absolute Gasteiger partial charge is 0.276 e. The molecular weight excluding hydrogens is 447 g/mol. The van der Waals surface area contributed by atoms with Gasteiger partial charge in [-0.2, -0.15) is 0 Å². The van der Waals surface area contributed by atoms with E-state index in [-0.39, 0.29) is 23.8 Å². The van der Waals surface area contributed by atoms with Crippen LogP contribution < -0.4 is 21.5 Å². The van der Waals surface area contributed by atoms with Crippen LogP contribution in [0, 0.1) is 17.5 Å². The van der Waals surface area contributed by atoms with Crippen LogP contribution in [0.2, 0.25) is 0 Å². The average Bonchev–Trinajstić information content (AvgIpc) is 2.73. The molecule has 11 heteroatoms. The highest BCUT2D eigenvalue weighted by molar-refractivity contribution is 6.07. The van der Waals surface area contributed by atoms with Gasteiger partial charge >= 0.3 is 0 Å². The molecule has 7 nitrogen and oxygen atoms in total. The van der Waals surface area contributed by atoms with E-state index >= 15 is 0 Å². The summed E-state index contributed by atoms with van der Waals surface area (Å²) >= 11 is 0. The predicted octanol–water partition coefficient (Wildman–Crippen LogP) is 3.93. The molecule has 3 aromatic rings.